The smallest absolute Gasteiger partial charge is 0.300 e. The van der Waals surface area contributed by atoms with Crippen LogP contribution < -0.4 is 9.64 Å². The summed E-state index contributed by atoms with van der Waals surface area (Å²) < 4.78 is 5.20. The molecular weight excluding hydrogens is 418 g/mol. The van der Waals surface area contributed by atoms with Crippen LogP contribution in [0, 0.1) is 0 Å². The molecule has 1 heterocycles. The zero-order valence-electron chi connectivity index (χ0n) is 16.4. The van der Waals surface area contributed by atoms with E-state index in [2.05, 4.69) is 0 Å². The first kappa shape index (κ1) is 20.5. The lowest BCUT2D eigenvalue weighted by molar-refractivity contribution is -0.132. The highest BCUT2D eigenvalue weighted by Gasteiger charge is 2.47. The van der Waals surface area contributed by atoms with Gasteiger partial charge in [-0.2, -0.15) is 0 Å². The van der Waals surface area contributed by atoms with Gasteiger partial charge in [-0.05, 0) is 48.0 Å². The van der Waals surface area contributed by atoms with Crippen LogP contribution in [-0.2, 0) is 9.59 Å². The Labute approximate surface area is 183 Å². The van der Waals surface area contributed by atoms with Gasteiger partial charge in [-0.15, -0.1) is 0 Å². The quantitative estimate of drug-likeness (QED) is 0.353. The number of methoxy groups -OCH3 is 1. The van der Waals surface area contributed by atoms with Crippen molar-refractivity contribution in [2.45, 2.75) is 6.04 Å². The summed E-state index contributed by atoms with van der Waals surface area (Å²) in [5.41, 5.74) is 1.12. The van der Waals surface area contributed by atoms with Crippen LogP contribution in [0.25, 0.3) is 5.76 Å². The molecule has 0 saturated carbocycles. The number of ether oxygens (including phenoxy) is 1. The van der Waals surface area contributed by atoms with E-state index in [4.69, 9.17) is 16.3 Å². The average Bonchev–Trinajstić information content (AvgIpc) is 3.05. The SMILES string of the molecule is COc1ccc(Cl)c(/C(O)=C2\C(=O)C(=O)N(c3ccccc3)C2c2ccc(O)cc2)c1. The number of aliphatic hydroxyl groups excluding tert-OH is 1. The molecule has 0 aliphatic carbocycles. The number of amides is 1. The summed E-state index contributed by atoms with van der Waals surface area (Å²) in [6.45, 7) is 0. The molecule has 156 valence electrons. The molecule has 31 heavy (non-hydrogen) atoms. The summed E-state index contributed by atoms with van der Waals surface area (Å²) in [5.74, 6) is -1.54. The predicted molar refractivity (Wildman–Crippen MR) is 117 cm³/mol. The van der Waals surface area contributed by atoms with E-state index in [0.717, 1.165) is 0 Å². The third kappa shape index (κ3) is 3.62. The van der Waals surface area contributed by atoms with E-state index in [-0.39, 0.29) is 21.9 Å². The maximum atomic E-state index is 13.1. The summed E-state index contributed by atoms with van der Waals surface area (Å²) in [6.07, 6.45) is 0. The molecule has 6 nitrogen and oxygen atoms in total. The van der Waals surface area contributed by atoms with E-state index in [0.29, 0.717) is 17.0 Å². The molecule has 3 aromatic rings. The number of hydrogen-bond acceptors (Lipinski definition) is 5. The van der Waals surface area contributed by atoms with E-state index in [9.17, 15) is 19.8 Å². The van der Waals surface area contributed by atoms with Gasteiger partial charge in [0.1, 0.15) is 17.3 Å². The predicted octanol–water partition coefficient (Wildman–Crippen LogP) is 4.68. The highest BCUT2D eigenvalue weighted by atomic mass is 35.5. The summed E-state index contributed by atoms with van der Waals surface area (Å²) in [4.78, 5) is 27.4. The lowest BCUT2D eigenvalue weighted by atomic mass is 9.95. The largest absolute Gasteiger partial charge is 0.508 e. The van der Waals surface area contributed by atoms with Crippen LogP contribution in [0.15, 0.2) is 78.4 Å². The number of nitrogens with zero attached hydrogens (tertiary/aromatic N) is 1. The maximum absolute atomic E-state index is 13.1. The third-order valence-corrected chi connectivity index (χ3v) is 5.45. The number of rotatable bonds is 4. The monoisotopic (exact) mass is 435 g/mol. The van der Waals surface area contributed by atoms with Gasteiger partial charge in [0.2, 0.25) is 0 Å². The fraction of sp³-hybridized carbons (Fsp3) is 0.0833. The van der Waals surface area contributed by atoms with Gasteiger partial charge in [0, 0.05) is 11.3 Å². The van der Waals surface area contributed by atoms with Gasteiger partial charge in [-0.1, -0.05) is 41.9 Å². The number of ketones is 1. The van der Waals surface area contributed by atoms with Crippen LogP contribution in [-0.4, -0.2) is 29.0 Å². The molecule has 3 aromatic carbocycles. The number of hydrogen-bond donors (Lipinski definition) is 2. The number of phenolic OH excluding ortho intramolecular Hbond substituents is 1. The lowest BCUT2D eigenvalue weighted by Crippen LogP contribution is -2.29. The van der Waals surface area contributed by atoms with Gasteiger partial charge >= 0.3 is 0 Å². The lowest BCUT2D eigenvalue weighted by Gasteiger charge is -2.25. The molecule has 1 unspecified atom stereocenters. The minimum absolute atomic E-state index is 0.0382. The molecular formula is C24H18ClNO5. The van der Waals surface area contributed by atoms with Crippen LogP contribution in [0.1, 0.15) is 17.2 Å². The molecule has 1 aliphatic rings. The number of aromatic hydroxyl groups is 1. The van der Waals surface area contributed by atoms with Crippen LogP contribution >= 0.6 is 11.6 Å². The second kappa shape index (κ2) is 8.16. The Hall–Kier alpha value is -3.77. The zero-order valence-corrected chi connectivity index (χ0v) is 17.2. The van der Waals surface area contributed by atoms with E-state index in [1.54, 1.807) is 48.5 Å². The Bertz CT molecular complexity index is 1190. The van der Waals surface area contributed by atoms with Gasteiger partial charge in [0.15, 0.2) is 0 Å². The summed E-state index contributed by atoms with van der Waals surface area (Å²) in [5, 5.41) is 21.0. The standard InChI is InChI=1S/C24H18ClNO5/c1-31-17-11-12-19(25)18(13-17)22(28)20-21(14-7-9-16(27)10-8-14)26(24(30)23(20)29)15-5-3-2-4-6-15/h2-13,21,27-28H,1H3/b22-20+. The number of carbonyl (C=O) groups is 2. The normalized spacial score (nSPS) is 17.7. The van der Waals surface area contributed by atoms with E-state index in [1.807, 2.05) is 0 Å². The minimum atomic E-state index is -0.912. The van der Waals surface area contributed by atoms with Crippen molar-refractivity contribution in [3.05, 3.63) is 94.5 Å². The summed E-state index contributed by atoms with van der Waals surface area (Å²) >= 11 is 6.29. The van der Waals surface area contributed by atoms with Crippen LogP contribution in [0.4, 0.5) is 5.69 Å². The average molecular weight is 436 g/mol. The van der Waals surface area contributed by atoms with Crippen molar-refractivity contribution >= 4 is 34.7 Å². The number of anilines is 1. The number of aliphatic hydroxyl groups is 1. The molecule has 4 rings (SSSR count). The van der Waals surface area contributed by atoms with Crippen molar-refractivity contribution in [2.24, 2.45) is 0 Å². The Morgan fingerprint density at radius 1 is 1.00 bits per heavy atom. The topological polar surface area (TPSA) is 87.1 Å². The Morgan fingerprint density at radius 2 is 1.68 bits per heavy atom. The molecule has 0 spiro atoms. The van der Waals surface area contributed by atoms with Gasteiger partial charge in [-0.3, -0.25) is 14.5 Å². The number of phenols is 1. The van der Waals surface area contributed by atoms with Crippen LogP contribution in [0.2, 0.25) is 5.02 Å². The molecule has 1 amide bonds. The molecule has 0 aromatic heterocycles. The van der Waals surface area contributed by atoms with Gasteiger partial charge in [-0.25, -0.2) is 0 Å². The maximum Gasteiger partial charge on any atom is 0.300 e. The first-order valence-corrected chi connectivity index (χ1v) is 9.79. The molecule has 1 atom stereocenters. The molecule has 1 fully saturated rings. The fourth-order valence-electron chi connectivity index (χ4n) is 3.62. The third-order valence-electron chi connectivity index (χ3n) is 5.12. The Balaban J connectivity index is 1.97. The van der Waals surface area contributed by atoms with Crippen molar-refractivity contribution < 1.29 is 24.5 Å². The second-order valence-corrected chi connectivity index (χ2v) is 7.35. The summed E-state index contributed by atoms with van der Waals surface area (Å²) in [6, 6.07) is 18.6. The van der Waals surface area contributed by atoms with Crippen molar-refractivity contribution in [3.63, 3.8) is 0 Å². The van der Waals surface area contributed by atoms with Crippen LogP contribution in [0.5, 0.6) is 11.5 Å². The van der Waals surface area contributed by atoms with Crippen molar-refractivity contribution in [1.29, 1.82) is 0 Å². The molecule has 1 aliphatic heterocycles. The highest BCUT2D eigenvalue weighted by molar-refractivity contribution is 6.52. The van der Waals surface area contributed by atoms with Crippen molar-refractivity contribution in [3.8, 4) is 11.5 Å². The van der Waals surface area contributed by atoms with E-state index >= 15 is 0 Å². The van der Waals surface area contributed by atoms with Gasteiger partial charge in [0.25, 0.3) is 11.7 Å². The van der Waals surface area contributed by atoms with Gasteiger partial charge < -0.3 is 14.9 Å². The zero-order chi connectivity index (χ0) is 22.1. The number of carbonyl (C=O) groups excluding carboxylic acids is 2. The molecule has 1 saturated heterocycles. The first-order valence-electron chi connectivity index (χ1n) is 9.41. The number of halogens is 1. The van der Waals surface area contributed by atoms with E-state index in [1.165, 1.54) is 36.3 Å². The molecule has 0 bridgehead atoms. The van der Waals surface area contributed by atoms with Crippen molar-refractivity contribution in [1.82, 2.24) is 0 Å². The van der Waals surface area contributed by atoms with E-state index < -0.39 is 23.5 Å². The highest BCUT2D eigenvalue weighted by Crippen LogP contribution is 2.43. The Kier molecular flexibility index (Phi) is 5.40. The Morgan fingerprint density at radius 3 is 2.32 bits per heavy atom. The van der Waals surface area contributed by atoms with Crippen LogP contribution in [0.3, 0.4) is 0 Å². The van der Waals surface area contributed by atoms with Crippen molar-refractivity contribution in [2.75, 3.05) is 12.0 Å². The minimum Gasteiger partial charge on any atom is -0.508 e. The number of para-hydroxylation sites is 1. The molecule has 7 heteroatoms. The molecule has 0 radical (unpaired) electrons. The molecule has 2 N–H and O–H groups in total. The number of Topliss-reactive ketones (excluding diaryl/α,β-unsaturated/α-hetero) is 1. The first-order chi connectivity index (χ1) is 14.9. The summed E-state index contributed by atoms with van der Waals surface area (Å²) in [7, 11) is 1.47. The fourth-order valence-corrected chi connectivity index (χ4v) is 3.82. The number of benzene rings is 3. The van der Waals surface area contributed by atoms with Gasteiger partial charge in [0.05, 0.1) is 23.7 Å². The second-order valence-electron chi connectivity index (χ2n) is 6.94.